The van der Waals surface area contributed by atoms with E-state index in [1.54, 1.807) is 0 Å². The summed E-state index contributed by atoms with van der Waals surface area (Å²) < 4.78 is 5.54. The van der Waals surface area contributed by atoms with Crippen LogP contribution >= 0.6 is 11.8 Å². The van der Waals surface area contributed by atoms with E-state index in [4.69, 9.17) is 10.6 Å². The Labute approximate surface area is 129 Å². The summed E-state index contributed by atoms with van der Waals surface area (Å²) in [7, 11) is 0. The molecule has 21 heavy (non-hydrogen) atoms. The molecule has 1 aliphatic rings. The molecule has 1 aromatic rings. The number of hydrazine groups is 1. The Hall–Kier alpha value is -1.28. The summed E-state index contributed by atoms with van der Waals surface area (Å²) in [5.74, 6) is 6.23. The quantitative estimate of drug-likeness (QED) is 0.542. The molecule has 0 aliphatic heterocycles. The van der Waals surface area contributed by atoms with Crippen LogP contribution in [0.5, 0.6) is 6.01 Å². The van der Waals surface area contributed by atoms with Gasteiger partial charge in [0.15, 0.2) is 0 Å². The molecule has 1 aromatic heterocycles. The van der Waals surface area contributed by atoms with Crippen LogP contribution in [0, 0.1) is 0 Å². The van der Waals surface area contributed by atoms with Gasteiger partial charge in [-0.15, -0.1) is 0 Å². The molecule has 2 unspecified atom stereocenters. The topological polar surface area (TPSA) is 98.0 Å². The SMILES string of the molecule is CSC1CCCCC1Nc1nc(NN)nc(OC(C)C)n1. The summed E-state index contributed by atoms with van der Waals surface area (Å²) >= 11 is 1.89. The number of hydrogen-bond acceptors (Lipinski definition) is 8. The second-order valence-corrected chi connectivity index (χ2v) is 6.46. The molecule has 118 valence electrons. The molecule has 1 saturated carbocycles. The molecule has 1 aliphatic carbocycles. The highest BCUT2D eigenvalue weighted by Gasteiger charge is 2.25. The maximum Gasteiger partial charge on any atom is 0.323 e. The molecule has 0 spiro atoms. The fourth-order valence-electron chi connectivity index (χ4n) is 2.46. The first kappa shape index (κ1) is 16.1. The van der Waals surface area contributed by atoms with Gasteiger partial charge in [-0.2, -0.15) is 26.7 Å². The molecule has 0 amide bonds. The number of hydrogen-bond donors (Lipinski definition) is 3. The van der Waals surface area contributed by atoms with E-state index in [0.717, 1.165) is 6.42 Å². The van der Waals surface area contributed by atoms with E-state index in [1.165, 1.54) is 19.3 Å². The zero-order chi connectivity index (χ0) is 15.2. The number of nitrogens with one attached hydrogen (secondary N) is 2. The molecule has 7 nitrogen and oxygen atoms in total. The maximum absolute atomic E-state index is 5.54. The highest BCUT2D eigenvalue weighted by Crippen LogP contribution is 2.29. The predicted molar refractivity (Wildman–Crippen MR) is 86.6 cm³/mol. The van der Waals surface area contributed by atoms with Crippen molar-refractivity contribution < 1.29 is 4.74 Å². The largest absolute Gasteiger partial charge is 0.461 e. The lowest BCUT2D eigenvalue weighted by atomic mass is 9.95. The van der Waals surface area contributed by atoms with Crippen LogP contribution in [-0.4, -0.2) is 38.6 Å². The zero-order valence-corrected chi connectivity index (χ0v) is 13.6. The van der Waals surface area contributed by atoms with Gasteiger partial charge in [-0.3, -0.25) is 5.43 Å². The smallest absolute Gasteiger partial charge is 0.323 e. The Morgan fingerprint density at radius 2 is 1.90 bits per heavy atom. The predicted octanol–water partition coefficient (Wildman–Crippen LogP) is 2.03. The molecule has 2 atom stereocenters. The van der Waals surface area contributed by atoms with Crippen LogP contribution in [0.2, 0.25) is 0 Å². The standard InChI is InChI=1S/C13H24N6OS/c1-8(2)20-13-17-11(16-12(18-13)19-14)15-9-6-4-5-7-10(9)21-3/h8-10H,4-7,14H2,1-3H3,(H2,15,16,17,18,19). The number of nitrogens with two attached hydrogens (primary N) is 1. The van der Waals surface area contributed by atoms with Crippen molar-refractivity contribution in [3.63, 3.8) is 0 Å². The Kier molecular flexibility index (Phi) is 5.86. The Morgan fingerprint density at radius 1 is 1.19 bits per heavy atom. The molecule has 0 bridgehead atoms. The average molecular weight is 312 g/mol. The minimum Gasteiger partial charge on any atom is -0.461 e. The summed E-state index contributed by atoms with van der Waals surface area (Å²) in [6.07, 6.45) is 7.03. The van der Waals surface area contributed by atoms with Crippen molar-refractivity contribution in [2.45, 2.75) is 56.9 Å². The number of rotatable bonds is 6. The lowest BCUT2D eigenvalue weighted by Crippen LogP contribution is -2.35. The molecule has 0 radical (unpaired) electrons. The Morgan fingerprint density at radius 3 is 2.57 bits per heavy atom. The van der Waals surface area contributed by atoms with Gasteiger partial charge in [0.2, 0.25) is 11.9 Å². The van der Waals surface area contributed by atoms with Crippen molar-refractivity contribution >= 4 is 23.7 Å². The highest BCUT2D eigenvalue weighted by atomic mass is 32.2. The summed E-state index contributed by atoms with van der Waals surface area (Å²) in [6.45, 7) is 3.86. The van der Waals surface area contributed by atoms with Crippen LogP contribution in [-0.2, 0) is 0 Å². The van der Waals surface area contributed by atoms with Crippen LogP contribution in [0.3, 0.4) is 0 Å². The van der Waals surface area contributed by atoms with E-state index in [2.05, 4.69) is 32.0 Å². The second kappa shape index (κ2) is 7.65. The third-order valence-electron chi connectivity index (χ3n) is 3.40. The van der Waals surface area contributed by atoms with Crippen molar-refractivity contribution in [3.8, 4) is 6.01 Å². The molecule has 1 heterocycles. The van der Waals surface area contributed by atoms with Crippen molar-refractivity contribution in [2.75, 3.05) is 17.0 Å². The van der Waals surface area contributed by atoms with Crippen LogP contribution in [0.4, 0.5) is 11.9 Å². The van der Waals surface area contributed by atoms with Gasteiger partial charge in [-0.1, -0.05) is 12.8 Å². The number of anilines is 2. The van der Waals surface area contributed by atoms with Crippen LogP contribution in [0.15, 0.2) is 0 Å². The fraction of sp³-hybridized carbons (Fsp3) is 0.769. The monoisotopic (exact) mass is 312 g/mol. The van der Waals surface area contributed by atoms with Crippen LogP contribution in [0.1, 0.15) is 39.5 Å². The van der Waals surface area contributed by atoms with E-state index in [1.807, 2.05) is 25.6 Å². The van der Waals surface area contributed by atoms with Crippen molar-refractivity contribution in [3.05, 3.63) is 0 Å². The molecule has 1 fully saturated rings. The first-order valence-corrected chi connectivity index (χ1v) is 8.60. The van der Waals surface area contributed by atoms with Gasteiger partial charge in [0.25, 0.3) is 0 Å². The van der Waals surface area contributed by atoms with Gasteiger partial charge >= 0.3 is 6.01 Å². The summed E-state index contributed by atoms with van der Waals surface area (Å²) in [5.41, 5.74) is 2.46. The van der Waals surface area contributed by atoms with Gasteiger partial charge in [0.1, 0.15) is 0 Å². The molecular weight excluding hydrogens is 288 g/mol. The van der Waals surface area contributed by atoms with Gasteiger partial charge in [0.05, 0.1) is 6.10 Å². The number of nitrogens with zero attached hydrogens (tertiary/aromatic N) is 3. The van der Waals surface area contributed by atoms with Crippen molar-refractivity contribution in [1.82, 2.24) is 15.0 Å². The van der Waals surface area contributed by atoms with Crippen LogP contribution < -0.4 is 21.3 Å². The number of ether oxygens (including phenoxy) is 1. The van der Waals surface area contributed by atoms with Crippen molar-refractivity contribution in [1.29, 1.82) is 0 Å². The third-order valence-corrected chi connectivity index (χ3v) is 4.57. The third kappa shape index (κ3) is 4.60. The van der Waals surface area contributed by atoms with Gasteiger partial charge < -0.3 is 10.1 Å². The molecule has 0 saturated heterocycles. The van der Waals surface area contributed by atoms with E-state index < -0.39 is 0 Å². The van der Waals surface area contributed by atoms with E-state index >= 15 is 0 Å². The highest BCUT2D eigenvalue weighted by molar-refractivity contribution is 7.99. The second-order valence-electron chi connectivity index (χ2n) is 5.39. The first-order valence-electron chi connectivity index (χ1n) is 7.31. The number of thioether (sulfide) groups is 1. The number of aromatic nitrogens is 3. The zero-order valence-electron chi connectivity index (χ0n) is 12.8. The number of nitrogen functional groups attached to an aromatic ring is 1. The minimum absolute atomic E-state index is 0.000462. The molecule has 4 N–H and O–H groups in total. The Balaban J connectivity index is 2.13. The maximum atomic E-state index is 5.54. The van der Waals surface area contributed by atoms with Gasteiger partial charge in [-0.05, 0) is 32.9 Å². The molecule has 8 heteroatoms. The van der Waals surface area contributed by atoms with E-state index in [9.17, 15) is 0 Å². The van der Waals surface area contributed by atoms with Gasteiger partial charge in [0, 0.05) is 11.3 Å². The van der Waals surface area contributed by atoms with Crippen LogP contribution in [0.25, 0.3) is 0 Å². The lowest BCUT2D eigenvalue weighted by molar-refractivity contribution is 0.222. The average Bonchev–Trinajstić information content (AvgIpc) is 2.46. The Bertz CT molecular complexity index is 458. The fourth-order valence-corrected chi connectivity index (χ4v) is 3.39. The molecule has 0 aromatic carbocycles. The lowest BCUT2D eigenvalue weighted by Gasteiger charge is -2.30. The van der Waals surface area contributed by atoms with Gasteiger partial charge in [-0.25, -0.2) is 5.84 Å². The minimum atomic E-state index is -0.000462. The normalized spacial score (nSPS) is 22.1. The van der Waals surface area contributed by atoms with E-state index in [0.29, 0.717) is 23.2 Å². The summed E-state index contributed by atoms with van der Waals surface area (Å²) in [5, 5.41) is 3.99. The molecule has 2 rings (SSSR count). The molecular formula is C13H24N6OS. The first-order chi connectivity index (χ1) is 10.1. The van der Waals surface area contributed by atoms with E-state index in [-0.39, 0.29) is 12.1 Å². The summed E-state index contributed by atoms with van der Waals surface area (Å²) in [4.78, 5) is 12.7. The van der Waals surface area contributed by atoms with Crippen molar-refractivity contribution in [2.24, 2.45) is 5.84 Å². The summed E-state index contributed by atoms with van der Waals surface area (Å²) in [6, 6.07) is 0.653.